The molecule has 0 bridgehead atoms. The number of nitrogens with two attached hydrogens (primary N) is 1. The van der Waals surface area contributed by atoms with Gasteiger partial charge in [0.2, 0.25) is 0 Å². The Balaban J connectivity index is 2.87. The predicted molar refractivity (Wildman–Crippen MR) is 60.0 cm³/mol. The Morgan fingerprint density at radius 3 is 3.00 bits per heavy atom. The highest BCUT2D eigenvalue weighted by molar-refractivity contribution is 7.19. The van der Waals surface area contributed by atoms with Crippen LogP contribution in [0, 0.1) is 0 Å². The number of nitrogen functional groups attached to an aromatic ring is 1. The fraction of sp³-hybridized carbons (Fsp3) is 0.375. The SMILES string of the molecule is CCCO/N=C(\[C]=O)c1nc(N)sc1Cl. The lowest BCUT2D eigenvalue weighted by molar-refractivity contribution is 0.145. The van der Waals surface area contributed by atoms with E-state index < -0.39 is 0 Å². The van der Waals surface area contributed by atoms with Gasteiger partial charge in [0.05, 0.1) is 0 Å². The second kappa shape index (κ2) is 5.67. The molecule has 0 saturated heterocycles. The van der Waals surface area contributed by atoms with Gasteiger partial charge in [0.15, 0.2) is 10.8 Å². The van der Waals surface area contributed by atoms with Gasteiger partial charge in [-0.25, -0.2) is 4.98 Å². The molecule has 15 heavy (non-hydrogen) atoms. The summed E-state index contributed by atoms with van der Waals surface area (Å²) in [6.45, 7) is 2.34. The number of rotatable bonds is 5. The Bertz CT molecular complexity index is 378. The summed E-state index contributed by atoms with van der Waals surface area (Å²) >= 11 is 6.86. The summed E-state index contributed by atoms with van der Waals surface area (Å²) in [5, 5.41) is 3.85. The first-order chi connectivity index (χ1) is 7.19. The van der Waals surface area contributed by atoms with Gasteiger partial charge in [-0.2, -0.15) is 0 Å². The third-order valence-electron chi connectivity index (χ3n) is 1.37. The van der Waals surface area contributed by atoms with E-state index in [9.17, 15) is 4.79 Å². The maximum Gasteiger partial charge on any atom is 0.259 e. The van der Waals surface area contributed by atoms with Crippen LogP contribution in [0.5, 0.6) is 0 Å². The number of halogens is 1. The largest absolute Gasteiger partial charge is 0.395 e. The van der Waals surface area contributed by atoms with Gasteiger partial charge >= 0.3 is 0 Å². The zero-order valence-electron chi connectivity index (χ0n) is 7.99. The van der Waals surface area contributed by atoms with E-state index in [0.717, 1.165) is 17.8 Å². The molecule has 0 aliphatic rings. The topological polar surface area (TPSA) is 77.6 Å². The van der Waals surface area contributed by atoms with Gasteiger partial charge in [-0.05, 0) is 6.42 Å². The first-order valence-electron chi connectivity index (χ1n) is 4.19. The van der Waals surface area contributed by atoms with E-state index in [-0.39, 0.29) is 16.5 Å². The fourth-order valence-corrected chi connectivity index (χ4v) is 1.70. The number of hydrogen-bond acceptors (Lipinski definition) is 6. The minimum absolute atomic E-state index is 0.0681. The Kier molecular flexibility index (Phi) is 4.51. The van der Waals surface area contributed by atoms with Gasteiger partial charge in [-0.1, -0.05) is 35.0 Å². The van der Waals surface area contributed by atoms with Crippen LogP contribution >= 0.6 is 22.9 Å². The molecule has 5 nitrogen and oxygen atoms in total. The summed E-state index contributed by atoms with van der Waals surface area (Å²) in [5.41, 5.74) is 5.57. The summed E-state index contributed by atoms with van der Waals surface area (Å²) in [6, 6.07) is 0. The minimum atomic E-state index is -0.0681. The molecule has 7 heteroatoms. The van der Waals surface area contributed by atoms with Crippen LogP contribution < -0.4 is 5.73 Å². The van der Waals surface area contributed by atoms with Gasteiger partial charge in [0.25, 0.3) is 6.29 Å². The normalized spacial score (nSPS) is 11.5. The van der Waals surface area contributed by atoms with Crippen molar-refractivity contribution in [2.24, 2.45) is 5.16 Å². The lowest BCUT2D eigenvalue weighted by atomic mass is 10.3. The Hall–Kier alpha value is -1.14. The lowest BCUT2D eigenvalue weighted by Crippen LogP contribution is -2.05. The average Bonchev–Trinajstić information content (AvgIpc) is 2.53. The highest BCUT2D eigenvalue weighted by Crippen LogP contribution is 2.25. The molecule has 0 unspecified atom stereocenters. The van der Waals surface area contributed by atoms with E-state index in [1.807, 2.05) is 6.92 Å². The molecule has 0 saturated carbocycles. The van der Waals surface area contributed by atoms with Crippen LogP contribution in [0.4, 0.5) is 5.13 Å². The molecule has 1 heterocycles. The summed E-state index contributed by atoms with van der Waals surface area (Å²) in [7, 11) is 0. The van der Waals surface area contributed by atoms with Crippen LogP contribution in [0.1, 0.15) is 19.0 Å². The van der Waals surface area contributed by atoms with E-state index in [1.165, 1.54) is 0 Å². The standard InChI is InChI=1S/C8H9ClN3O2S/c1-2-3-14-12-5(4-13)6-7(9)15-8(10)11-6/h2-3H2,1H3,(H2,10,11)/b12-5+. The quantitative estimate of drug-likeness (QED) is 0.487. The van der Waals surface area contributed by atoms with Crippen molar-refractivity contribution in [2.75, 3.05) is 12.3 Å². The highest BCUT2D eigenvalue weighted by Gasteiger charge is 2.14. The zero-order valence-corrected chi connectivity index (χ0v) is 9.56. The smallest absolute Gasteiger partial charge is 0.259 e. The molecular formula is C8H9ClN3O2S. The van der Waals surface area contributed by atoms with Crippen LogP contribution in [-0.4, -0.2) is 23.6 Å². The highest BCUT2D eigenvalue weighted by atomic mass is 35.5. The van der Waals surface area contributed by atoms with Crippen molar-refractivity contribution in [1.82, 2.24) is 4.98 Å². The van der Waals surface area contributed by atoms with E-state index in [4.69, 9.17) is 22.2 Å². The number of nitrogens with zero attached hydrogens (tertiary/aromatic N) is 2. The number of thiazole rings is 1. The van der Waals surface area contributed by atoms with Crippen molar-refractivity contribution in [1.29, 1.82) is 0 Å². The molecule has 1 radical (unpaired) electrons. The molecule has 0 aliphatic heterocycles. The Morgan fingerprint density at radius 2 is 2.53 bits per heavy atom. The van der Waals surface area contributed by atoms with Gasteiger partial charge < -0.3 is 10.6 Å². The molecular weight excluding hydrogens is 238 g/mol. The molecule has 81 valence electrons. The van der Waals surface area contributed by atoms with E-state index in [0.29, 0.717) is 10.9 Å². The van der Waals surface area contributed by atoms with Crippen LogP contribution in [0.15, 0.2) is 5.16 Å². The van der Waals surface area contributed by atoms with Crippen LogP contribution in [0.2, 0.25) is 4.34 Å². The molecule has 1 aromatic heterocycles. The molecule has 1 rings (SSSR count). The van der Waals surface area contributed by atoms with Crippen LogP contribution in [0.25, 0.3) is 0 Å². The molecule has 0 amide bonds. The summed E-state index contributed by atoms with van der Waals surface area (Å²) in [6.07, 6.45) is 2.40. The number of oxime groups is 1. The first kappa shape index (κ1) is 11.9. The molecule has 1 aromatic rings. The monoisotopic (exact) mass is 246 g/mol. The molecule has 0 fully saturated rings. The van der Waals surface area contributed by atoms with Crippen molar-refractivity contribution in [3.63, 3.8) is 0 Å². The van der Waals surface area contributed by atoms with Crippen molar-refractivity contribution >= 4 is 40.1 Å². The molecule has 0 aliphatic carbocycles. The average molecular weight is 247 g/mol. The number of hydrogen-bond donors (Lipinski definition) is 1. The van der Waals surface area contributed by atoms with Crippen molar-refractivity contribution in [3.8, 4) is 0 Å². The lowest BCUT2D eigenvalue weighted by Gasteiger charge is -1.96. The van der Waals surface area contributed by atoms with Crippen molar-refractivity contribution in [3.05, 3.63) is 10.0 Å². The van der Waals surface area contributed by atoms with Crippen molar-refractivity contribution < 1.29 is 9.63 Å². The maximum absolute atomic E-state index is 10.6. The third-order valence-corrected chi connectivity index (χ3v) is 2.46. The van der Waals surface area contributed by atoms with Gasteiger partial charge in [-0.3, -0.25) is 4.79 Å². The summed E-state index contributed by atoms with van der Waals surface area (Å²) in [5.74, 6) is 0. The maximum atomic E-state index is 10.6. The Labute approximate surface area is 95.9 Å². The second-order valence-corrected chi connectivity index (χ2v) is 4.18. The number of carbonyl (C=O) groups excluding carboxylic acids is 1. The molecule has 0 spiro atoms. The van der Waals surface area contributed by atoms with Crippen LogP contribution in [-0.2, 0) is 9.63 Å². The molecule has 0 aromatic carbocycles. The first-order valence-corrected chi connectivity index (χ1v) is 5.38. The number of aromatic nitrogens is 1. The number of anilines is 1. The van der Waals surface area contributed by atoms with Gasteiger partial charge in [-0.15, -0.1) is 0 Å². The fourth-order valence-electron chi connectivity index (χ4n) is 0.775. The predicted octanol–water partition coefficient (Wildman–Crippen LogP) is 1.62. The van der Waals surface area contributed by atoms with Crippen molar-refractivity contribution in [2.45, 2.75) is 13.3 Å². The zero-order chi connectivity index (χ0) is 11.3. The van der Waals surface area contributed by atoms with Gasteiger partial charge in [0.1, 0.15) is 16.6 Å². The summed E-state index contributed by atoms with van der Waals surface area (Å²) in [4.78, 5) is 19.3. The molecule has 0 atom stereocenters. The molecule has 2 N–H and O–H groups in total. The van der Waals surface area contributed by atoms with E-state index in [2.05, 4.69) is 10.1 Å². The Morgan fingerprint density at radius 1 is 1.80 bits per heavy atom. The third kappa shape index (κ3) is 3.17. The second-order valence-electron chi connectivity index (χ2n) is 2.55. The van der Waals surface area contributed by atoms with E-state index >= 15 is 0 Å². The van der Waals surface area contributed by atoms with Gasteiger partial charge in [0, 0.05) is 0 Å². The van der Waals surface area contributed by atoms with Crippen LogP contribution in [0.3, 0.4) is 0 Å². The minimum Gasteiger partial charge on any atom is -0.395 e. The summed E-state index contributed by atoms with van der Waals surface area (Å²) < 4.78 is 0.301. The van der Waals surface area contributed by atoms with E-state index in [1.54, 1.807) is 6.29 Å².